The Kier molecular flexibility index (Phi) is 5.32. The topological polar surface area (TPSA) is 54.5 Å². The number of fused-ring (bicyclic) bond motifs is 1. The number of nitrogens with one attached hydrogen (secondary N) is 1. The Morgan fingerprint density at radius 3 is 2.96 bits per heavy atom. The van der Waals surface area contributed by atoms with Crippen LogP contribution >= 0.6 is 0 Å². The van der Waals surface area contributed by atoms with E-state index in [0.717, 1.165) is 24.8 Å². The summed E-state index contributed by atoms with van der Waals surface area (Å²) in [6.07, 6.45) is 9.62. The highest BCUT2D eigenvalue weighted by atomic mass is 16.5. The second-order valence-electron chi connectivity index (χ2n) is 7.96. The van der Waals surface area contributed by atoms with Crippen LogP contribution in [0.1, 0.15) is 37.7 Å². The van der Waals surface area contributed by atoms with Crippen molar-refractivity contribution in [2.24, 2.45) is 17.8 Å². The van der Waals surface area contributed by atoms with Crippen molar-refractivity contribution in [3.05, 3.63) is 30.1 Å². The maximum Gasteiger partial charge on any atom is 0.220 e. The quantitative estimate of drug-likeness (QED) is 0.891. The van der Waals surface area contributed by atoms with Gasteiger partial charge in [-0.3, -0.25) is 14.7 Å². The molecule has 1 amide bonds. The fraction of sp³-hybridized carbons (Fsp3) is 0.700. The molecule has 1 aromatic heterocycles. The number of likely N-dealkylation sites (tertiary alicyclic amines) is 1. The summed E-state index contributed by atoms with van der Waals surface area (Å²) in [6.45, 7) is 4.51. The van der Waals surface area contributed by atoms with Gasteiger partial charge >= 0.3 is 0 Å². The number of hydrogen-bond donors (Lipinski definition) is 1. The molecular weight excluding hydrogens is 314 g/mol. The molecule has 3 heterocycles. The lowest BCUT2D eigenvalue weighted by Crippen LogP contribution is -2.38. The average molecular weight is 343 g/mol. The second-order valence-corrected chi connectivity index (χ2v) is 7.96. The number of pyridine rings is 1. The van der Waals surface area contributed by atoms with Crippen LogP contribution in [0.15, 0.2) is 24.5 Å². The second kappa shape index (κ2) is 7.83. The summed E-state index contributed by atoms with van der Waals surface area (Å²) < 4.78 is 5.85. The number of carbonyl (C=O) groups excluding carboxylic acids is 1. The van der Waals surface area contributed by atoms with Crippen molar-refractivity contribution in [2.45, 2.75) is 44.7 Å². The van der Waals surface area contributed by atoms with Crippen LogP contribution in [0.25, 0.3) is 0 Å². The fourth-order valence-corrected chi connectivity index (χ4v) is 4.93. The van der Waals surface area contributed by atoms with Crippen molar-refractivity contribution in [1.82, 2.24) is 15.2 Å². The van der Waals surface area contributed by atoms with Gasteiger partial charge in [0.2, 0.25) is 5.91 Å². The Bertz CT molecular complexity index is 574. The third kappa shape index (κ3) is 4.04. The molecule has 3 fully saturated rings. The van der Waals surface area contributed by atoms with Gasteiger partial charge in [-0.2, -0.15) is 0 Å². The number of carbonyl (C=O) groups is 1. The largest absolute Gasteiger partial charge is 0.381 e. The molecule has 1 saturated carbocycles. The van der Waals surface area contributed by atoms with Gasteiger partial charge in [0.15, 0.2) is 0 Å². The zero-order valence-corrected chi connectivity index (χ0v) is 14.9. The van der Waals surface area contributed by atoms with Crippen molar-refractivity contribution < 1.29 is 9.53 Å². The first kappa shape index (κ1) is 17.0. The number of aromatic nitrogens is 1. The lowest BCUT2D eigenvalue weighted by molar-refractivity contribution is -0.124. The van der Waals surface area contributed by atoms with E-state index in [1.165, 1.54) is 38.8 Å². The van der Waals surface area contributed by atoms with E-state index in [4.69, 9.17) is 4.74 Å². The molecule has 4 rings (SSSR count). The minimum atomic E-state index is 0.136. The summed E-state index contributed by atoms with van der Waals surface area (Å²) in [5.41, 5.74) is 1.04. The van der Waals surface area contributed by atoms with E-state index in [-0.39, 0.29) is 5.91 Å². The highest BCUT2D eigenvalue weighted by molar-refractivity contribution is 5.76. The van der Waals surface area contributed by atoms with E-state index < -0.39 is 0 Å². The van der Waals surface area contributed by atoms with Crippen LogP contribution in [-0.4, -0.2) is 48.1 Å². The summed E-state index contributed by atoms with van der Waals surface area (Å²) in [5, 5.41) is 3.04. The van der Waals surface area contributed by atoms with E-state index in [2.05, 4.69) is 15.2 Å². The van der Waals surface area contributed by atoms with Gasteiger partial charge in [-0.15, -0.1) is 0 Å². The van der Waals surface area contributed by atoms with Crippen molar-refractivity contribution in [3.8, 4) is 0 Å². The molecule has 0 spiro atoms. The SMILES string of the molecule is O=C(C[C@@H]1COC[C@H]2CN(C3CCCC3)C[C@@H]12)NCc1cccnc1. The Morgan fingerprint density at radius 1 is 1.28 bits per heavy atom. The summed E-state index contributed by atoms with van der Waals surface area (Å²) in [6, 6.07) is 4.67. The summed E-state index contributed by atoms with van der Waals surface area (Å²) in [5.74, 6) is 1.74. The van der Waals surface area contributed by atoms with Gasteiger partial charge < -0.3 is 10.1 Å². The number of hydrogen-bond acceptors (Lipinski definition) is 4. The van der Waals surface area contributed by atoms with E-state index in [0.29, 0.717) is 30.7 Å². The molecule has 136 valence electrons. The Hall–Kier alpha value is -1.46. The predicted octanol–water partition coefficient (Wildman–Crippen LogP) is 2.22. The molecule has 1 aliphatic carbocycles. The minimum absolute atomic E-state index is 0.136. The maximum absolute atomic E-state index is 12.4. The molecule has 3 atom stereocenters. The van der Waals surface area contributed by atoms with E-state index in [1.807, 2.05) is 12.1 Å². The third-order valence-electron chi connectivity index (χ3n) is 6.29. The molecule has 0 unspecified atom stereocenters. The highest BCUT2D eigenvalue weighted by Gasteiger charge is 2.43. The van der Waals surface area contributed by atoms with Gasteiger partial charge in [-0.1, -0.05) is 18.9 Å². The normalized spacial score (nSPS) is 30.3. The summed E-state index contributed by atoms with van der Waals surface area (Å²) in [7, 11) is 0. The van der Waals surface area contributed by atoms with Gasteiger partial charge in [0.05, 0.1) is 13.2 Å². The van der Waals surface area contributed by atoms with Gasteiger partial charge in [-0.25, -0.2) is 0 Å². The number of ether oxygens (including phenoxy) is 1. The molecule has 25 heavy (non-hydrogen) atoms. The molecule has 1 N–H and O–H groups in total. The monoisotopic (exact) mass is 343 g/mol. The molecular formula is C20H29N3O2. The molecule has 5 nitrogen and oxygen atoms in total. The van der Waals surface area contributed by atoms with Crippen molar-refractivity contribution in [1.29, 1.82) is 0 Å². The average Bonchev–Trinajstić information content (AvgIpc) is 3.30. The minimum Gasteiger partial charge on any atom is -0.381 e. The number of rotatable bonds is 5. The fourth-order valence-electron chi connectivity index (χ4n) is 4.93. The van der Waals surface area contributed by atoms with Gasteiger partial charge in [0, 0.05) is 44.5 Å². The third-order valence-corrected chi connectivity index (χ3v) is 6.29. The van der Waals surface area contributed by atoms with Gasteiger partial charge in [-0.05, 0) is 42.2 Å². The first-order chi connectivity index (χ1) is 12.3. The molecule has 1 aromatic rings. The lowest BCUT2D eigenvalue weighted by atomic mass is 9.81. The molecule has 0 radical (unpaired) electrons. The first-order valence-electron chi connectivity index (χ1n) is 9.77. The zero-order valence-electron chi connectivity index (χ0n) is 14.9. The van der Waals surface area contributed by atoms with E-state index >= 15 is 0 Å². The van der Waals surface area contributed by atoms with Gasteiger partial charge in [0.1, 0.15) is 0 Å². The molecule has 0 aromatic carbocycles. The first-order valence-corrected chi connectivity index (χ1v) is 9.77. The smallest absolute Gasteiger partial charge is 0.220 e. The Balaban J connectivity index is 1.30. The molecule has 5 heteroatoms. The standard InChI is InChI=1S/C20H29N3O2/c24-20(22-10-15-4-3-7-21-9-15)8-16-13-25-14-17-11-23(12-19(16)17)18-5-1-2-6-18/h3-4,7,9,16-19H,1-2,5-6,8,10-14H2,(H,22,24)/t16-,17-,19+/m1/s1. The van der Waals surface area contributed by atoms with Crippen LogP contribution in [0.5, 0.6) is 0 Å². The van der Waals surface area contributed by atoms with Gasteiger partial charge in [0.25, 0.3) is 0 Å². The van der Waals surface area contributed by atoms with Crippen LogP contribution in [0.2, 0.25) is 0 Å². The maximum atomic E-state index is 12.4. The predicted molar refractivity (Wildman–Crippen MR) is 95.8 cm³/mol. The van der Waals surface area contributed by atoms with Crippen molar-refractivity contribution >= 4 is 5.91 Å². The van der Waals surface area contributed by atoms with Crippen LogP contribution in [0, 0.1) is 17.8 Å². The van der Waals surface area contributed by atoms with Crippen molar-refractivity contribution in [3.63, 3.8) is 0 Å². The van der Waals surface area contributed by atoms with Crippen LogP contribution in [0.4, 0.5) is 0 Å². The highest BCUT2D eigenvalue weighted by Crippen LogP contribution is 2.38. The van der Waals surface area contributed by atoms with Crippen LogP contribution < -0.4 is 5.32 Å². The van der Waals surface area contributed by atoms with Crippen LogP contribution in [-0.2, 0) is 16.1 Å². The molecule has 2 aliphatic heterocycles. The Labute approximate surface area is 150 Å². The van der Waals surface area contributed by atoms with E-state index in [9.17, 15) is 4.79 Å². The summed E-state index contributed by atoms with van der Waals surface area (Å²) in [4.78, 5) is 19.2. The molecule has 3 aliphatic rings. The van der Waals surface area contributed by atoms with Crippen LogP contribution in [0.3, 0.4) is 0 Å². The van der Waals surface area contributed by atoms with Crippen molar-refractivity contribution in [2.75, 3.05) is 26.3 Å². The van der Waals surface area contributed by atoms with E-state index in [1.54, 1.807) is 12.4 Å². The summed E-state index contributed by atoms with van der Waals surface area (Å²) >= 11 is 0. The lowest BCUT2D eigenvalue weighted by Gasteiger charge is -2.32. The number of amides is 1. The Morgan fingerprint density at radius 2 is 2.16 bits per heavy atom. The molecule has 2 saturated heterocycles. The molecule has 0 bridgehead atoms. The zero-order chi connectivity index (χ0) is 17.1. The number of nitrogens with zero attached hydrogens (tertiary/aromatic N) is 2.